The molecule has 1 amide bonds. The molecule has 4 rings (SSSR count). The third kappa shape index (κ3) is 6.51. The Bertz CT molecular complexity index is 1570. The molecule has 0 fully saturated rings. The number of benzene rings is 3. The fourth-order valence-corrected chi connectivity index (χ4v) is 6.25. The van der Waals surface area contributed by atoms with E-state index in [0.29, 0.717) is 22.9 Å². The molecule has 3 aromatic carbocycles. The molecule has 0 aliphatic carbocycles. The molecule has 1 unspecified atom stereocenters. The maximum atomic E-state index is 13.4. The van der Waals surface area contributed by atoms with Crippen LogP contribution in [-0.2, 0) is 26.0 Å². The number of carbonyl (C=O) groups is 2. The minimum absolute atomic E-state index is 0.0909. The number of halogens is 1. The highest BCUT2D eigenvalue weighted by Crippen LogP contribution is 2.29. The predicted octanol–water partition coefficient (Wildman–Crippen LogP) is 5.27. The molecule has 0 radical (unpaired) electrons. The highest BCUT2D eigenvalue weighted by atomic mass is 35.5. The van der Waals surface area contributed by atoms with Crippen molar-refractivity contribution in [2.24, 2.45) is 0 Å². The second kappa shape index (κ2) is 12.0. The summed E-state index contributed by atoms with van der Waals surface area (Å²) in [5.41, 5.74) is 1.23. The molecule has 8 nitrogen and oxygen atoms in total. The first kappa shape index (κ1) is 27.6. The van der Waals surface area contributed by atoms with Gasteiger partial charge in [0, 0.05) is 10.4 Å². The zero-order valence-corrected chi connectivity index (χ0v) is 23.0. The molecule has 11 heteroatoms. The first-order chi connectivity index (χ1) is 18.2. The van der Waals surface area contributed by atoms with Gasteiger partial charge in [-0.1, -0.05) is 41.9 Å². The van der Waals surface area contributed by atoms with Gasteiger partial charge in [0.05, 0.1) is 23.6 Å². The molecule has 0 saturated heterocycles. The molecule has 38 heavy (non-hydrogen) atoms. The number of esters is 1. The number of rotatable bonds is 10. The van der Waals surface area contributed by atoms with Crippen LogP contribution in [0.5, 0.6) is 5.75 Å². The number of carbonyl (C=O) groups excluding carboxylic acids is 2. The summed E-state index contributed by atoms with van der Waals surface area (Å²) in [6.45, 7) is 2.17. The average molecular weight is 573 g/mol. The molecule has 0 aliphatic rings. The molecule has 198 valence electrons. The minimum Gasteiger partial charge on any atom is -0.492 e. The van der Waals surface area contributed by atoms with Crippen LogP contribution in [-0.4, -0.2) is 40.1 Å². The number of sulfonamides is 1. The summed E-state index contributed by atoms with van der Waals surface area (Å²) < 4.78 is 40.0. The molecule has 1 heterocycles. The normalized spacial score (nSPS) is 12.2. The van der Waals surface area contributed by atoms with Gasteiger partial charge in [0.1, 0.15) is 16.7 Å². The zero-order valence-electron chi connectivity index (χ0n) is 20.6. The van der Waals surface area contributed by atoms with Crippen molar-refractivity contribution in [3.63, 3.8) is 0 Å². The fraction of sp³-hybridized carbons (Fsp3) is 0.185. The standard InChI is InChI=1S/C27H25ClN2O6S2/c1-3-36-23-11-10-20(16-21(23)28)38(33,34)30-22(13-17-7-5-4-6-8-17)26(31)29-19-9-12-24-18(14-19)15-25(37-24)27(32)35-2/h4-12,14-16,22,30H,3,13H2,1-2H3,(H,29,31). The van der Waals surface area contributed by atoms with Crippen LogP contribution in [0.25, 0.3) is 10.1 Å². The van der Waals surface area contributed by atoms with Gasteiger partial charge in [0.2, 0.25) is 15.9 Å². The van der Waals surface area contributed by atoms with Crippen molar-refractivity contribution in [2.45, 2.75) is 24.3 Å². The zero-order chi connectivity index (χ0) is 27.3. The van der Waals surface area contributed by atoms with Crippen LogP contribution in [0.1, 0.15) is 22.2 Å². The fourth-order valence-electron chi connectivity index (χ4n) is 3.77. The van der Waals surface area contributed by atoms with Crippen LogP contribution < -0.4 is 14.8 Å². The van der Waals surface area contributed by atoms with E-state index in [-0.39, 0.29) is 16.3 Å². The van der Waals surface area contributed by atoms with Crippen molar-refractivity contribution < 1.29 is 27.5 Å². The highest BCUT2D eigenvalue weighted by Gasteiger charge is 2.27. The number of ether oxygens (including phenoxy) is 2. The number of amides is 1. The lowest BCUT2D eigenvalue weighted by atomic mass is 10.1. The average Bonchev–Trinajstić information content (AvgIpc) is 3.33. The monoisotopic (exact) mass is 572 g/mol. The maximum Gasteiger partial charge on any atom is 0.348 e. The van der Waals surface area contributed by atoms with E-state index >= 15 is 0 Å². The van der Waals surface area contributed by atoms with Gasteiger partial charge in [-0.15, -0.1) is 11.3 Å². The quantitative estimate of drug-likeness (QED) is 0.251. The third-order valence-corrected chi connectivity index (χ3v) is 8.44. The Hall–Kier alpha value is -3.44. The molecule has 0 saturated carbocycles. The maximum absolute atomic E-state index is 13.4. The van der Waals surface area contributed by atoms with E-state index < -0.39 is 27.9 Å². The van der Waals surface area contributed by atoms with E-state index in [0.717, 1.165) is 15.6 Å². The number of methoxy groups -OCH3 is 1. The van der Waals surface area contributed by atoms with Gasteiger partial charge in [-0.3, -0.25) is 4.79 Å². The lowest BCUT2D eigenvalue weighted by Gasteiger charge is -2.19. The van der Waals surface area contributed by atoms with Crippen LogP contribution in [0, 0.1) is 0 Å². The summed E-state index contributed by atoms with van der Waals surface area (Å²) in [4.78, 5) is 25.6. The van der Waals surface area contributed by atoms with E-state index in [1.54, 1.807) is 31.2 Å². The summed E-state index contributed by atoms with van der Waals surface area (Å²) in [5.74, 6) is -0.619. The Morgan fingerprint density at radius 1 is 1.03 bits per heavy atom. The predicted molar refractivity (Wildman–Crippen MR) is 149 cm³/mol. The van der Waals surface area contributed by atoms with Crippen molar-refractivity contribution in [2.75, 3.05) is 19.0 Å². The van der Waals surface area contributed by atoms with E-state index in [2.05, 4.69) is 10.0 Å². The Balaban J connectivity index is 1.59. The number of fused-ring (bicyclic) bond motifs is 1. The summed E-state index contributed by atoms with van der Waals surface area (Å²) in [6, 6.07) is 19.0. The molecular weight excluding hydrogens is 548 g/mol. The van der Waals surface area contributed by atoms with Crippen molar-refractivity contribution in [1.82, 2.24) is 4.72 Å². The van der Waals surface area contributed by atoms with Crippen LogP contribution in [0.4, 0.5) is 5.69 Å². The van der Waals surface area contributed by atoms with E-state index in [1.807, 2.05) is 30.3 Å². The number of thiophene rings is 1. The summed E-state index contributed by atoms with van der Waals surface area (Å²) >= 11 is 7.48. The van der Waals surface area contributed by atoms with Gasteiger partial charge in [-0.05, 0) is 66.8 Å². The summed E-state index contributed by atoms with van der Waals surface area (Å²) in [6.07, 6.45) is 0.115. The summed E-state index contributed by atoms with van der Waals surface area (Å²) in [7, 11) is -2.80. The summed E-state index contributed by atoms with van der Waals surface area (Å²) in [5, 5.41) is 3.69. The number of anilines is 1. The smallest absolute Gasteiger partial charge is 0.348 e. The molecule has 0 bridgehead atoms. The van der Waals surface area contributed by atoms with Gasteiger partial charge < -0.3 is 14.8 Å². The first-order valence-electron chi connectivity index (χ1n) is 11.6. The van der Waals surface area contributed by atoms with Gasteiger partial charge in [0.25, 0.3) is 0 Å². The number of hydrogen-bond acceptors (Lipinski definition) is 7. The molecule has 1 atom stereocenters. The van der Waals surface area contributed by atoms with Crippen molar-refractivity contribution in [3.8, 4) is 5.75 Å². The van der Waals surface area contributed by atoms with Gasteiger partial charge >= 0.3 is 5.97 Å². The third-order valence-electron chi connectivity index (χ3n) is 5.58. The molecule has 2 N–H and O–H groups in total. The number of hydrogen-bond donors (Lipinski definition) is 2. The van der Waals surface area contributed by atoms with Crippen molar-refractivity contribution in [3.05, 3.63) is 88.3 Å². The Kier molecular flexibility index (Phi) is 8.68. The Labute approximate surface area is 229 Å². The SMILES string of the molecule is CCOc1ccc(S(=O)(=O)NC(Cc2ccccc2)C(=O)Nc2ccc3sc(C(=O)OC)cc3c2)cc1Cl. The van der Waals surface area contributed by atoms with Gasteiger partial charge in [0.15, 0.2) is 0 Å². The molecule has 0 spiro atoms. The Morgan fingerprint density at radius 3 is 2.47 bits per heavy atom. The van der Waals surface area contributed by atoms with Crippen LogP contribution >= 0.6 is 22.9 Å². The molecule has 1 aromatic heterocycles. The minimum atomic E-state index is -4.12. The van der Waals surface area contributed by atoms with Crippen molar-refractivity contribution in [1.29, 1.82) is 0 Å². The van der Waals surface area contributed by atoms with E-state index in [4.69, 9.17) is 21.1 Å². The topological polar surface area (TPSA) is 111 Å². The van der Waals surface area contributed by atoms with Crippen LogP contribution in [0.3, 0.4) is 0 Å². The number of nitrogens with one attached hydrogen (secondary N) is 2. The van der Waals surface area contributed by atoms with E-state index in [9.17, 15) is 18.0 Å². The second-order valence-electron chi connectivity index (χ2n) is 8.23. The van der Waals surface area contributed by atoms with Crippen LogP contribution in [0.15, 0.2) is 77.7 Å². The molecule has 4 aromatic rings. The van der Waals surface area contributed by atoms with Crippen LogP contribution in [0.2, 0.25) is 5.02 Å². The van der Waals surface area contributed by atoms with Crippen molar-refractivity contribution >= 4 is 60.6 Å². The lowest BCUT2D eigenvalue weighted by Crippen LogP contribution is -2.45. The Morgan fingerprint density at radius 2 is 1.79 bits per heavy atom. The van der Waals surface area contributed by atoms with Gasteiger partial charge in [-0.2, -0.15) is 4.72 Å². The largest absolute Gasteiger partial charge is 0.492 e. The van der Waals surface area contributed by atoms with Gasteiger partial charge in [-0.25, -0.2) is 13.2 Å². The highest BCUT2D eigenvalue weighted by molar-refractivity contribution is 7.89. The molecule has 0 aliphatic heterocycles. The molecular formula is C27H25ClN2O6S2. The second-order valence-corrected chi connectivity index (χ2v) is 11.4. The lowest BCUT2D eigenvalue weighted by molar-refractivity contribution is -0.117. The van der Waals surface area contributed by atoms with E-state index in [1.165, 1.54) is 36.6 Å². The first-order valence-corrected chi connectivity index (χ1v) is 14.3.